The summed E-state index contributed by atoms with van der Waals surface area (Å²) in [5.74, 6) is 0. The fraction of sp³-hybridized carbons (Fsp3) is 0.100. The minimum Gasteiger partial charge on any atom is -0.297 e. The maximum absolute atomic E-state index is 14.2. The molecule has 0 heterocycles. The molecule has 1 N–H and O–H groups in total. The molecule has 146 valence electrons. The van der Waals surface area contributed by atoms with Gasteiger partial charge in [0.25, 0.3) is 0 Å². The third kappa shape index (κ3) is 4.12. The van der Waals surface area contributed by atoms with Gasteiger partial charge in [0.1, 0.15) is 0 Å². The van der Waals surface area contributed by atoms with Gasteiger partial charge in [-0.25, -0.2) is 8.42 Å². The van der Waals surface area contributed by atoms with E-state index in [0.29, 0.717) is 11.4 Å². The molecular formula is C20H22N3O3PS. The molecule has 0 aliphatic rings. The molecule has 0 unspecified atom stereocenters. The van der Waals surface area contributed by atoms with Crippen molar-refractivity contribution in [2.24, 2.45) is 0 Å². The zero-order valence-electron chi connectivity index (χ0n) is 15.6. The summed E-state index contributed by atoms with van der Waals surface area (Å²) in [7, 11) is -4.60. The molecular weight excluding hydrogens is 393 g/mol. The Morgan fingerprint density at radius 2 is 1.04 bits per heavy atom. The van der Waals surface area contributed by atoms with Crippen LogP contribution in [0.2, 0.25) is 0 Å². The number of rotatable bonds is 7. The summed E-state index contributed by atoms with van der Waals surface area (Å²) in [6.07, 6.45) is 0. The Balaban J connectivity index is 2.08. The number of hydrogen-bond acceptors (Lipinski definition) is 3. The highest BCUT2D eigenvalue weighted by atomic mass is 32.2. The predicted octanol–water partition coefficient (Wildman–Crippen LogP) is 4.35. The van der Waals surface area contributed by atoms with E-state index in [2.05, 4.69) is 4.49 Å². The summed E-state index contributed by atoms with van der Waals surface area (Å²) >= 11 is 0. The van der Waals surface area contributed by atoms with Crippen molar-refractivity contribution in [2.75, 3.05) is 23.4 Å². The molecule has 0 bridgehead atoms. The van der Waals surface area contributed by atoms with Crippen molar-refractivity contribution in [1.82, 2.24) is 4.49 Å². The molecule has 0 spiro atoms. The monoisotopic (exact) mass is 415 g/mol. The minimum atomic E-state index is -4.02. The second kappa shape index (κ2) is 8.19. The quantitative estimate of drug-likeness (QED) is 0.581. The molecule has 0 fully saturated rings. The van der Waals surface area contributed by atoms with Crippen LogP contribution >= 0.6 is 7.59 Å². The molecule has 0 aliphatic carbocycles. The smallest absolute Gasteiger partial charge is 0.297 e. The zero-order valence-corrected chi connectivity index (χ0v) is 17.3. The topological polar surface area (TPSA) is 69.7 Å². The Bertz CT molecular complexity index is 1010. The van der Waals surface area contributed by atoms with Gasteiger partial charge >= 0.3 is 7.59 Å². The first-order valence-electron chi connectivity index (χ1n) is 8.62. The molecule has 8 heteroatoms. The summed E-state index contributed by atoms with van der Waals surface area (Å²) in [5, 5.41) is 0. The normalized spacial score (nSPS) is 11.8. The maximum atomic E-state index is 14.2. The van der Waals surface area contributed by atoms with Crippen molar-refractivity contribution in [1.29, 1.82) is 0 Å². The summed E-state index contributed by atoms with van der Waals surface area (Å²) in [6.45, 7) is 0. The molecule has 0 aliphatic heterocycles. The van der Waals surface area contributed by atoms with Crippen LogP contribution in [0.1, 0.15) is 0 Å². The molecule has 3 aromatic carbocycles. The van der Waals surface area contributed by atoms with Gasteiger partial charge in [-0.15, -0.1) is 4.49 Å². The lowest BCUT2D eigenvalue weighted by atomic mass is 10.3. The van der Waals surface area contributed by atoms with Gasteiger partial charge in [-0.3, -0.25) is 13.9 Å². The van der Waals surface area contributed by atoms with Crippen LogP contribution in [0.25, 0.3) is 0 Å². The van der Waals surface area contributed by atoms with Crippen molar-refractivity contribution in [3.05, 3.63) is 91.0 Å². The van der Waals surface area contributed by atoms with E-state index in [1.807, 2.05) is 36.4 Å². The first kappa shape index (κ1) is 20.1. The van der Waals surface area contributed by atoms with E-state index in [0.717, 1.165) is 0 Å². The van der Waals surface area contributed by atoms with Crippen LogP contribution < -0.4 is 13.8 Å². The molecule has 3 rings (SSSR count). The van der Waals surface area contributed by atoms with Gasteiger partial charge in [0.15, 0.2) is 0 Å². The Hall–Kier alpha value is -2.60. The highest BCUT2D eigenvalue weighted by Crippen LogP contribution is 2.52. The van der Waals surface area contributed by atoms with Crippen LogP contribution in [0.3, 0.4) is 0 Å². The van der Waals surface area contributed by atoms with Gasteiger partial charge in [-0.2, -0.15) is 0 Å². The van der Waals surface area contributed by atoms with Crippen molar-refractivity contribution >= 4 is 29.0 Å². The molecule has 0 amide bonds. The highest BCUT2D eigenvalue weighted by molar-refractivity contribution is 7.96. The van der Waals surface area contributed by atoms with Gasteiger partial charge in [-0.05, 0) is 36.4 Å². The molecule has 0 saturated heterocycles. The lowest BCUT2D eigenvalue weighted by Crippen LogP contribution is -2.38. The van der Waals surface area contributed by atoms with E-state index in [1.54, 1.807) is 56.6 Å². The van der Waals surface area contributed by atoms with Crippen LogP contribution in [-0.4, -0.2) is 22.5 Å². The Morgan fingerprint density at radius 1 is 0.679 bits per heavy atom. The van der Waals surface area contributed by atoms with Gasteiger partial charge in [0.2, 0.25) is 10.0 Å². The number of anilines is 2. The average molecular weight is 415 g/mol. The second-order valence-corrected chi connectivity index (χ2v) is 10.7. The summed E-state index contributed by atoms with van der Waals surface area (Å²) in [5.41, 5.74) is 1.26. The SMILES string of the molecule is CN(c1ccccc1)P(=O)(NS(=O)(=O)c1ccccc1)N(C)c1ccccc1. The van der Waals surface area contributed by atoms with Crippen LogP contribution in [0.5, 0.6) is 0 Å². The van der Waals surface area contributed by atoms with Crippen molar-refractivity contribution < 1.29 is 13.0 Å². The lowest BCUT2D eigenvalue weighted by molar-refractivity contribution is 0.562. The van der Waals surface area contributed by atoms with Crippen LogP contribution in [0, 0.1) is 0 Å². The zero-order chi connectivity index (χ0) is 20.2. The number of benzene rings is 3. The van der Waals surface area contributed by atoms with E-state index in [9.17, 15) is 13.0 Å². The van der Waals surface area contributed by atoms with Crippen molar-refractivity contribution in [3.8, 4) is 0 Å². The first-order chi connectivity index (χ1) is 13.3. The minimum absolute atomic E-state index is 0.0538. The molecule has 0 saturated carbocycles. The van der Waals surface area contributed by atoms with Gasteiger partial charge in [0, 0.05) is 25.5 Å². The number of para-hydroxylation sites is 2. The number of sulfonamides is 1. The molecule has 6 nitrogen and oxygen atoms in total. The summed E-state index contributed by atoms with van der Waals surface area (Å²) in [6, 6.07) is 26.0. The van der Waals surface area contributed by atoms with Crippen LogP contribution in [-0.2, 0) is 14.6 Å². The van der Waals surface area contributed by atoms with Crippen molar-refractivity contribution in [3.63, 3.8) is 0 Å². The van der Waals surface area contributed by atoms with Gasteiger partial charge in [0.05, 0.1) is 4.90 Å². The third-order valence-corrected chi connectivity index (χ3v) is 9.26. The lowest BCUT2D eigenvalue weighted by Gasteiger charge is -2.37. The van der Waals surface area contributed by atoms with E-state index in [1.165, 1.54) is 21.5 Å². The summed E-state index contributed by atoms with van der Waals surface area (Å²) in [4.78, 5) is 0.0538. The Labute approximate surface area is 166 Å². The Morgan fingerprint density at radius 3 is 1.43 bits per heavy atom. The third-order valence-electron chi connectivity index (χ3n) is 4.37. The molecule has 0 atom stereocenters. The highest BCUT2D eigenvalue weighted by Gasteiger charge is 2.38. The standard InChI is InChI=1S/C20H22N3O3PS/c1-22(18-12-6-3-7-13-18)27(24,23(2)19-14-8-4-9-15-19)21-28(25,26)20-16-10-5-11-17-20/h3-17H,1-2H3,(H,21,24). The predicted molar refractivity (Wildman–Crippen MR) is 114 cm³/mol. The van der Waals surface area contributed by atoms with E-state index in [-0.39, 0.29) is 4.90 Å². The maximum Gasteiger partial charge on any atom is 0.346 e. The molecule has 3 aromatic rings. The second-order valence-electron chi connectivity index (χ2n) is 6.17. The van der Waals surface area contributed by atoms with Gasteiger partial charge < -0.3 is 0 Å². The Kier molecular flexibility index (Phi) is 5.89. The largest absolute Gasteiger partial charge is 0.346 e. The molecule has 0 radical (unpaired) electrons. The number of nitrogens with zero attached hydrogens (tertiary/aromatic N) is 2. The fourth-order valence-electron chi connectivity index (χ4n) is 2.73. The van der Waals surface area contributed by atoms with E-state index >= 15 is 0 Å². The average Bonchev–Trinajstić information content (AvgIpc) is 2.74. The number of hydrogen-bond donors (Lipinski definition) is 1. The van der Waals surface area contributed by atoms with E-state index in [4.69, 9.17) is 0 Å². The van der Waals surface area contributed by atoms with Gasteiger partial charge in [-0.1, -0.05) is 54.6 Å². The first-order valence-corrected chi connectivity index (χ1v) is 11.7. The molecule has 0 aromatic heterocycles. The van der Waals surface area contributed by atoms with Crippen LogP contribution in [0.15, 0.2) is 95.9 Å². The van der Waals surface area contributed by atoms with E-state index < -0.39 is 17.6 Å². The van der Waals surface area contributed by atoms with Crippen molar-refractivity contribution in [2.45, 2.75) is 4.90 Å². The summed E-state index contributed by atoms with van der Waals surface area (Å²) < 4.78 is 45.5. The number of nitrogens with one attached hydrogen (secondary N) is 1. The molecule has 28 heavy (non-hydrogen) atoms. The fourth-order valence-corrected chi connectivity index (χ4v) is 7.20. The van der Waals surface area contributed by atoms with Crippen LogP contribution in [0.4, 0.5) is 11.4 Å².